The monoisotopic (exact) mass is 686 g/mol. The second-order valence-corrected chi connectivity index (χ2v) is 13.5. The van der Waals surface area contributed by atoms with Gasteiger partial charge in [0.1, 0.15) is 29.2 Å². The normalized spacial score (nSPS) is 20.6. The van der Waals surface area contributed by atoms with Crippen LogP contribution in [-0.2, 0) is 30.6 Å². The fourth-order valence-corrected chi connectivity index (χ4v) is 7.41. The molecular weight excluding hydrogens is 655 g/mol. The number of thioether (sulfide) groups is 1. The number of anilines is 2. The van der Waals surface area contributed by atoms with Gasteiger partial charge in [0.05, 0.1) is 6.20 Å². The standard InChI is InChI=1S/C27H31N11O7S2/c1-27(2,24(43)44)45-34-15(18-32-26(29)47-35-18)20(39)31-16-21(40)38-17(23(41)42)12(11-46-22(16)38)10-36-9-3-4-14-19(36)33-25(28)37(14)13-5-7-30-8-6-13/h3-4,9,13,16,22,28,30H,5-8,10-11H2,1-2H3,(H5,29,31,32,35,39,41,42,43,44)/p+1/b34-15-/t16-,22-/m1/s1. The summed E-state index contributed by atoms with van der Waals surface area (Å²) in [5, 5.41) is 28.5. The molecule has 0 saturated carbocycles. The van der Waals surface area contributed by atoms with Crippen molar-refractivity contribution in [2.45, 2.75) is 56.3 Å². The summed E-state index contributed by atoms with van der Waals surface area (Å²) in [5.41, 5.74) is 11.5. The molecule has 3 aromatic rings. The molecule has 2 amide bonds. The summed E-state index contributed by atoms with van der Waals surface area (Å²) in [5.74, 6) is -3.81. The zero-order valence-electron chi connectivity index (χ0n) is 25.2. The van der Waals surface area contributed by atoms with Gasteiger partial charge in [-0.1, -0.05) is 5.16 Å². The molecule has 6 rings (SSSR count). The third-order valence-electron chi connectivity index (χ3n) is 8.07. The number of imidazole rings is 1. The zero-order chi connectivity index (χ0) is 33.6. The lowest BCUT2D eigenvalue weighted by Gasteiger charge is -2.49. The van der Waals surface area contributed by atoms with Gasteiger partial charge < -0.3 is 37.2 Å². The van der Waals surface area contributed by atoms with Crippen LogP contribution in [0.1, 0.15) is 38.6 Å². The van der Waals surface area contributed by atoms with Gasteiger partial charge in [-0.15, -0.1) is 11.8 Å². The quantitative estimate of drug-likeness (QED) is 0.0667. The number of aromatic nitrogens is 5. The molecule has 0 spiro atoms. The SMILES string of the molecule is CC(C)(O/N=C(\C(=O)N[C@@H]1C(=O)N2C(C(=O)O)=C(C[n+]3cccc4c3nc(N)n4C3CCNCC3)CS[C@H]12)c1nsc(N)n1)C(=O)O. The van der Waals surface area contributed by atoms with Gasteiger partial charge in [-0.25, -0.2) is 14.2 Å². The van der Waals surface area contributed by atoms with E-state index in [1.54, 1.807) is 6.20 Å². The Morgan fingerprint density at radius 1 is 1.23 bits per heavy atom. The van der Waals surface area contributed by atoms with Crippen LogP contribution >= 0.6 is 23.3 Å². The Morgan fingerprint density at radius 2 is 1.98 bits per heavy atom. The number of aliphatic carboxylic acids is 2. The minimum atomic E-state index is -1.80. The first-order valence-electron chi connectivity index (χ1n) is 14.5. The van der Waals surface area contributed by atoms with Crippen LogP contribution in [0.3, 0.4) is 0 Å². The van der Waals surface area contributed by atoms with Gasteiger partial charge >= 0.3 is 23.5 Å². The zero-order valence-corrected chi connectivity index (χ0v) is 26.9. The van der Waals surface area contributed by atoms with Gasteiger partial charge in [0.25, 0.3) is 11.8 Å². The summed E-state index contributed by atoms with van der Waals surface area (Å²) in [7, 11) is 0. The number of carboxylic acid groups (broad SMARTS) is 2. The summed E-state index contributed by atoms with van der Waals surface area (Å²) < 4.78 is 7.80. The predicted octanol–water partition coefficient (Wildman–Crippen LogP) is -0.713. The van der Waals surface area contributed by atoms with Crippen LogP contribution in [0.2, 0.25) is 0 Å². The van der Waals surface area contributed by atoms with Crippen LogP contribution < -0.4 is 26.7 Å². The van der Waals surface area contributed by atoms with Crippen molar-refractivity contribution in [1.29, 1.82) is 0 Å². The van der Waals surface area contributed by atoms with Crippen molar-refractivity contribution in [3.05, 3.63) is 35.4 Å². The molecule has 3 aromatic heterocycles. The average molecular weight is 687 g/mol. The average Bonchev–Trinajstić information content (AvgIpc) is 3.62. The number of amides is 2. The molecule has 3 aliphatic heterocycles. The van der Waals surface area contributed by atoms with Gasteiger partial charge in [-0.05, 0) is 56.9 Å². The molecule has 0 aromatic carbocycles. The highest BCUT2D eigenvalue weighted by Gasteiger charge is 2.55. The van der Waals surface area contributed by atoms with Gasteiger partial charge in [0.2, 0.25) is 17.1 Å². The van der Waals surface area contributed by atoms with Crippen molar-refractivity contribution in [2.75, 3.05) is 30.3 Å². The summed E-state index contributed by atoms with van der Waals surface area (Å²) in [6, 6.07) is 2.86. The van der Waals surface area contributed by atoms with Crippen molar-refractivity contribution in [2.24, 2.45) is 5.16 Å². The van der Waals surface area contributed by atoms with Gasteiger partial charge in [-0.3, -0.25) is 19.1 Å². The fraction of sp³-hybridized carbons (Fsp3) is 0.444. The largest absolute Gasteiger partial charge is 0.478 e. The Balaban J connectivity index is 1.24. The number of carboxylic acids is 2. The summed E-state index contributed by atoms with van der Waals surface area (Å²) in [6.07, 6.45) is 3.60. The molecule has 6 heterocycles. The van der Waals surface area contributed by atoms with Crippen LogP contribution in [0, 0.1) is 0 Å². The topological polar surface area (TPSA) is 257 Å². The molecule has 3 aliphatic rings. The summed E-state index contributed by atoms with van der Waals surface area (Å²) >= 11 is 2.06. The van der Waals surface area contributed by atoms with Crippen LogP contribution in [0.5, 0.6) is 0 Å². The minimum Gasteiger partial charge on any atom is -0.478 e. The van der Waals surface area contributed by atoms with Gasteiger partial charge in [0, 0.05) is 28.9 Å². The number of hydrogen-bond acceptors (Lipinski definition) is 14. The van der Waals surface area contributed by atoms with Crippen molar-refractivity contribution < 1.29 is 38.8 Å². The summed E-state index contributed by atoms with van der Waals surface area (Å²) in [4.78, 5) is 65.6. The number of hydrogen-bond donors (Lipinski definition) is 6. The number of β-lactam (4-membered cyclic amide) rings is 1. The van der Waals surface area contributed by atoms with Crippen LogP contribution in [0.15, 0.2) is 34.8 Å². The van der Waals surface area contributed by atoms with E-state index in [0.717, 1.165) is 47.9 Å². The highest BCUT2D eigenvalue weighted by atomic mass is 32.2. The predicted molar refractivity (Wildman–Crippen MR) is 169 cm³/mol. The second kappa shape index (κ2) is 12.4. The Kier molecular flexibility index (Phi) is 8.49. The van der Waals surface area contributed by atoms with Crippen LogP contribution in [0.25, 0.3) is 11.2 Å². The first kappa shape index (κ1) is 32.1. The number of rotatable bonds is 10. The number of fused-ring (bicyclic) bond motifs is 2. The molecule has 2 saturated heterocycles. The molecule has 18 nitrogen and oxygen atoms in total. The van der Waals surface area contributed by atoms with Crippen LogP contribution in [-0.4, -0.2) is 99.3 Å². The first-order valence-corrected chi connectivity index (χ1v) is 16.4. The molecule has 248 valence electrons. The Morgan fingerprint density at radius 3 is 2.64 bits per heavy atom. The second-order valence-electron chi connectivity index (χ2n) is 11.6. The number of carbonyl (C=O) groups excluding carboxylic acids is 2. The Bertz CT molecular complexity index is 1850. The highest BCUT2D eigenvalue weighted by Crippen LogP contribution is 2.40. The third-order valence-corrected chi connectivity index (χ3v) is 9.95. The first-order chi connectivity index (χ1) is 22.4. The van der Waals surface area contributed by atoms with E-state index in [0.29, 0.717) is 17.2 Å². The molecule has 0 radical (unpaired) electrons. The third kappa shape index (κ3) is 5.94. The van der Waals surface area contributed by atoms with Gasteiger partial charge in [-0.2, -0.15) is 9.36 Å². The maximum atomic E-state index is 13.4. The fourth-order valence-electron chi connectivity index (χ4n) is 5.64. The highest BCUT2D eigenvalue weighted by molar-refractivity contribution is 8.00. The number of nitrogen functional groups attached to an aromatic ring is 2. The molecule has 0 aliphatic carbocycles. The number of nitrogens with zero attached hydrogens (tertiary/aromatic N) is 7. The molecule has 47 heavy (non-hydrogen) atoms. The minimum absolute atomic E-state index is 0.0183. The van der Waals surface area contributed by atoms with Crippen molar-refractivity contribution in [3.63, 3.8) is 0 Å². The lowest BCUT2D eigenvalue weighted by Crippen LogP contribution is -2.71. The molecule has 20 heteroatoms. The lowest BCUT2D eigenvalue weighted by molar-refractivity contribution is -0.664. The van der Waals surface area contributed by atoms with E-state index in [9.17, 15) is 29.4 Å². The maximum absolute atomic E-state index is 13.4. The molecule has 2 atom stereocenters. The smallest absolute Gasteiger partial charge is 0.352 e. The van der Waals surface area contributed by atoms with E-state index >= 15 is 0 Å². The Labute approximate surface area is 275 Å². The number of piperidine rings is 1. The van der Waals surface area contributed by atoms with E-state index in [1.165, 1.54) is 25.6 Å². The van der Waals surface area contributed by atoms with E-state index in [4.69, 9.17) is 16.3 Å². The molecule has 8 N–H and O–H groups in total. The molecule has 0 bridgehead atoms. The van der Waals surface area contributed by atoms with E-state index < -0.39 is 46.5 Å². The number of oxime groups is 1. The number of pyridine rings is 1. The van der Waals surface area contributed by atoms with Crippen molar-refractivity contribution in [3.8, 4) is 0 Å². The Hall–Kier alpha value is -4.82. The maximum Gasteiger partial charge on any atom is 0.352 e. The molecule has 0 unspecified atom stereocenters. The van der Waals surface area contributed by atoms with Gasteiger partial charge in [0.15, 0.2) is 5.13 Å². The summed E-state index contributed by atoms with van der Waals surface area (Å²) in [6.45, 7) is 4.35. The van der Waals surface area contributed by atoms with Crippen molar-refractivity contribution >= 4 is 75.0 Å². The van der Waals surface area contributed by atoms with E-state index in [2.05, 4.69) is 30.1 Å². The number of carbonyl (C=O) groups is 4. The number of nitrogens with one attached hydrogen (secondary N) is 2. The lowest BCUT2D eigenvalue weighted by atomic mass is 10.0. The van der Waals surface area contributed by atoms with E-state index in [1.807, 2.05) is 21.3 Å². The molecular formula is C27H32N11O7S2+. The van der Waals surface area contributed by atoms with E-state index in [-0.39, 0.29) is 35.0 Å². The molecule has 2 fully saturated rings. The van der Waals surface area contributed by atoms with Crippen LogP contribution in [0.4, 0.5) is 11.1 Å². The van der Waals surface area contributed by atoms with Crippen molar-refractivity contribution in [1.82, 2.24) is 34.4 Å². The number of nitrogens with two attached hydrogens (primary N) is 2.